The zero-order chi connectivity index (χ0) is 11.5. The van der Waals surface area contributed by atoms with E-state index in [4.69, 9.17) is 5.73 Å². The second kappa shape index (κ2) is 4.10. The minimum Gasteiger partial charge on any atom is -0.506 e. The van der Waals surface area contributed by atoms with Gasteiger partial charge in [0.25, 0.3) is 0 Å². The van der Waals surface area contributed by atoms with Crippen molar-refractivity contribution in [3.8, 4) is 5.75 Å². The van der Waals surface area contributed by atoms with Crippen molar-refractivity contribution in [1.82, 2.24) is 4.98 Å². The molecule has 0 fully saturated rings. The lowest BCUT2D eigenvalue weighted by atomic mass is 10.2. The summed E-state index contributed by atoms with van der Waals surface area (Å²) in [5.41, 5.74) is 8.02. The van der Waals surface area contributed by atoms with Crippen LogP contribution in [0.1, 0.15) is 5.56 Å². The number of hydrogen-bond acceptors (Lipinski definition) is 4. The van der Waals surface area contributed by atoms with E-state index in [9.17, 15) is 5.11 Å². The van der Waals surface area contributed by atoms with E-state index in [1.165, 1.54) is 0 Å². The monoisotopic (exact) mass is 215 g/mol. The van der Waals surface area contributed by atoms with E-state index in [1.807, 2.05) is 19.1 Å². The van der Waals surface area contributed by atoms with Gasteiger partial charge in [-0.05, 0) is 30.7 Å². The molecule has 0 aliphatic rings. The van der Waals surface area contributed by atoms with Crippen LogP contribution in [-0.4, -0.2) is 10.1 Å². The number of nitrogens with zero attached hydrogens (tertiary/aromatic N) is 1. The van der Waals surface area contributed by atoms with Crippen molar-refractivity contribution in [1.29, 1.82) is 0 Å². The van der Waals surface area contributed by atoms with Gasteiger partial charge >= 0.3 is 0 Å². The van der Waals surface area contributed by atoms with Crippen LogP contribution in [0.5, 0.6) is 5.75 Å². The molecule has 0 radical (unpaired) electrons. The van der Waals surface area contributed by atoms with Crippen LogP contribution in [0, 0.1) is 6.92 Å². The van der Waals surface area contributed by atoms with E-state index >= 15 is 0 Å². The smallest absolute Gasteiger partial charge is 0.139 e. The summed E-state index contributed by atoms with van der Waals surface area (Å²) in [6.07, 6.45) is 1.61. The molecule has 4 N–H and O–H groups in total. The first-order chi connectivity index (χ1) is 7.65. The minimum absolute atomic E-state index is 0.218. The number of hydrogen-bond donors (Lipinski definition) is 3. The number of pyridine rings is 1. The predicted octanol–water partition coefficient (Wildman–Crippen LogP) is 2.42. The quantitative estimate of drug-likeness (QED) is 0.673. The van der Waals surface area contributed by atoms with Gasteiger partial charge in [-0.15, -0.1) is 0 Å². The normalized spacial score (nSPS) is 10.1. The molecule has 0 aliphatic carbocycles. The Morgan fingerprint density at radius 3 is 2.75 bits per heavy atom. The fourth-order valence-corrected chi connectivity index (χ4v) is 1.43. The summed E-state index contributed by atoms with van der Waals surface area (Å²) in [7, 11) is 0. The maximum Gasteiger partial charge on any atom is 0.139 e. The van der Waals surface area contributed by atoms with E-state index in [1.54, 1.807) is 24.4 Å². The summed E-state index contributed by atoms with van der Waals surface area (Å²) < 4.78 is 0. The van der Waals surface area contributed by atoms with Crippen LogP contribution in [0.2, 0.25) is 0 Å². The summed E-state index contributed by atoms with van der Waals surface area (Å²) >= 11 is 0. The lowest BCUT2D eigenvalue weighted by Crippen LogP contribution is -1.94. The Kier molecular flexibility index (Phi) is 2.64. The second-order valence-electron chi connectivity index (χ2n) is 3.61. The first-order valence-electron chi connectivity index (χ1n) is 4.93. The third-order valence-corrected chi connectivity index (χ3v) is 2.21. The van der Waals surface area contributed by atoms with Gasteiger partial charge < -0.3 is 16.2 Å². The standard InChI is InChI=1S/C12H13N3O/c1-8-2-3-10(11(16)6-8)15-9-4-5-14-12(13)7-9/h2-7,16H,1H3,(H3,13,14,15). The van der Waals surface area contributed by atoms with Gasteiger partial charge in [-0.1, -0.05) is 6.07 Å². The van der Waals surface area contributed by atoms with E-state index < -0.39 is 0 Å². The Bertz CT molecular complexity index is 511. The topological polar surface area (TPSA) is 71.2 Å². The molecule has 2 rings (SSSR count). The van der Waals surface area contributed by atoms with Gasteiger partial charge in [0, 0.05) is 18.0 Å². The average Bonchev–Trinajstić information content (AvgIpc) is 2.22. The SMILES string of the molecule is Cc1ccc(Nc2ccnc(N)c2)c(O)c1. The lowest BCUT2D eigenvalue weighted by molar-refractivity contribution is 0.477. The lowest BCUT2D eigenvalue weighted by Gasteiger charge is -2.09. The maximum absolute atomic E-state index is 9.71. The highest BCUT2D eigenvalue weighted by atomic mass is 16.3. The molecular formula is C12H13N3O. The molecule has 1 aromatic heterocycles. The van der Waals surface area contributed by atoms with Crippen LogP contribution in [0.4, 0.5) is 17.2 Å². The Morgan fingerprint density at radius 1 is 1.25 bits per heavy atom. The number of nitrogens with two attached hydrogens (primary N) is 1. The van der Waals surface area contributed by atoms with E-state index in [0.717, 1.165) is 11.3 Å². The molecule has 0 spiro atoms. The molecule has 4 nitrogen and oxygen atoms in total. The van der Waals surface area contributed by atoms with Crippen molar-refractivity contribution < 1.29 is 5.11 Å². The van der Waals surface area contributed by atoms with Gasteiger partial charge in [0.15, 0.2) is 0 Å². The Balaban J connectivity index is 2.27. The second-order valence-corrected chi connectivity index (χ2v) is 3.61. The summed E-state index contributed by atoms with van der Waals surface area (Å²) in [6.45, 7) is 1.92. The summed E-state index contributed by atoms with van der Waals surface area (Å²) in [6, 6.07) is 8.94. The zero-order valence-electron chi connectivity index (χ0n) is 8.94. The van der Waals surface area contributed by atoms with Gasteiger partial charge in [0.2, 0.25) is 0 Å². The molecule has 0 aliphatic heterocycles. The maximum atomic E-state index is 9.71. The summed E-state index contributed by atoms with van der Waals surface area (Å²) in [5.74, 6) is 0.659. The molecule has 1 heterocycles. The first-order valence-corrected chi connectivity index (χ1v) is 4.93. The molecule has 0 atom stereocenters. The molecule has 0 saturated heterocycles. The van der Waals surface area contributed by atoms with Crippen molar-refractivity contribution in [3.63, 3.8) is 0 Å². The number of nitrogen functional groups attached to an aromatic ring is 1. The first kappa shape index (κ1) is 10.3. The third kappa shape index (κ3) is 2.23. The number of aryl methyl sites for hydroxylation is 1. The third-order valence-electron chi connectivity index (χ3n) is 2.21. The van der Waals surface area contributed by atoms with Crippen molar-refractivity contribution in [2.45, 2.75) is 6.92 Å². The molecular weight excluding hydrogens is 202 g/mol. The Labute approximate surface area is 93.8 Å². The van der Waals surface area contributed by atoms with Crippen LogP contribution in [0.15, 0.2) is 36.5 Å². The van der Waals surface area contributed by atoms with Crippen LogP contribution >= 0.6 is 0 Å². The van der Waals surface area contributed by atoms with Crippen molar-refractivity contribution in [2.24, 2.45) is 0 Å². The van der Waals surface area contributed by atoms with Crippen molar-refractivity contribution in [2.75, 3.05) is 11.1 Å². The van der Waals surface area contributed by atoms with E-state index in [2.05, 4.69) is 10.3 Å². The van der Waals surface area contributed by atoms with Gasteiger partial charge in [-0.25, -0.2) is 4.98 Å². The molecule has 2 aromatic rings. The number of anilines is 3. The number of phenolic OH excluding ortho intramolecular Hbond substituents is 1. The number of nitrogens with one attached hydrogen (secondary N) is 1. The van der Waals surface area contributed by atoms with Crippen LogP contribution in [0.3, 0.4) is 0 Å². The van der Waals surface area contributed by atoms with Crippen LogP contribution in [-0.2, 0) is 0 Å². The number of benzene rings is 1. The van der Waals surface area contributed by atoms with Gasteiger partial charge in [0.1, 0.15) is 11.6 Å². The Morgan fingerprint density at radius 2 is 2.06 bits per heavy atom. The van der Waals surface area contributed by atoms with Crippen molar-refractivity contribution >= 4 is 17.2 Å². The number of rotatable bonds is 2. The van der Waals surface area contributed by atoms with Gasteiger partial charge in [-0.3, -0.25) is 0 Å². The van der Waals surface area contributed by atoms with E-state index in [0.29, 0.717) is 11.5 Å². The summed E-state index contributed by atoms with van der Waals surface area (Å²) in [4.78, 5) is 3.89. The van der Waals surface area contributed by atoms with Crippen LogP contribution < -0.4 is 11.1 Å². The molecule has 0 bridgehead atoms. The highest BCUT2D eigenvalue weighted by Gasteiger charge is 2.01. The molecule has 4 heteroatoms. The number of aromatic hydroxyl groups is 1. The minimum atomic E-state index is 0.218. The highest BCUT2D eigenvalue weighted by Crippen LogP contribution is 2.27. The predicted molar refractivity (Wildman–Crippen MR) is 64.8 cm³/mol. The van der Waals surface area contributed by atoms with Crippen LogP contribution in [0.25, 0.3) is 0 Å². The molecule has 82 valence electrons. The fourth-order valence-electron chi connectivity index (χ4n) is 1.43. The number of phenols is 1. The summed E-state index contributed by atoms with van der Waals surface area (Å²) in [5, 5.41) is 12.8. The molecule has 1 aromatic carbocycles. The Hall–Kier alpha value is -2.23. The van der Waals surface area contributed by atoms with E-state index in [-0.39, 0.29) is 5.75 Å². The fraction of sp³-hybridized carbons (Fsp3) is 0.0833. The average molecular weight is 215 g/mol. The molecule has 16 heavy (non-hydrogen) atoms. The zero-order valence-corrected chi connectivity index (χ0v) is 8.94. The van der Waals surface area contributed by atoms with Gasteiger partial charge in [0.05, 0.1) is 5.69 Å². The molecule has 0 amide bonds. The van der Waals surface area contributed by atoms with Crippen molar-refractivity contribution in [3.05, 3.63) is 42.1 Å². The highest BCUT2D eigenvalue weighted by molar-refractivity contribution is 5.67. The molecule has 0 unspecified atom stereocenters. The number of aromatic nitrogens is 1. The largest absolute Gasteiger partial charge is 0.506 e. The molecule has 0 saturated carbocycles. The van der Waals surface area contributed by atoms with Gasteiger partial charge in [-0.2, -0.15) is 0 Å².